The van der Waals surface area contributed by atoms with Crippen LogP contribution in [0.15, 0.2) is 12.3 Å². The lowest BCUT2D eigenvalue weighted by Gasteiger charge is -2.10. The second-order valence-corrected chi connectivity index (χ2v) is 3.55. The van der Waals surface area contributed by atoms with Crippen molar-refractivity contribution in [1.29, 1.82) is 0 Å². The molecule has 0 unspecified atom stereocenters. The van der Waals surface area contributed by atoms with Gasteiger partial charge in [0, 0.05) is 7.11 Å². The average Bonchev–Trinajstić information content (AvgIpc) is 2.43. The number of carbonyl (C=O) groups excluding carboxylic acids is 1. The second-order valence-electron chi connectivity index (χ2n) is 3.55. The van der Waals surface area contributed by atoms with Crippen LogP contribution in [0.2, 0.25) is 0 Å². The van der Waals surface area contributed by atoms with Gasteiger partial charge in [0.05, 0.1) is 33.1 Å². The van der Waals surface area contributed by atoms with Crippen LogP contribution in [0, 0.1) is 0 Å². The number of nitrogens with two attached hydrogens (primary N) is 1. The first-order valence-electron chi connectivity index (χ1n) is 5.72. The summed E-state index contributed by atoms with van der Waals surface area (Å²) in [7, 11) is 2.89. The minimum atomic E-state index is -0.524. The number of aromatic nitrogens is 1. The molecule has 2 N–H and O–H groups in total. The third-order valence-electron chi connectivity index (χ3n) is 2.21. The van der Waals surface area contributed by atoms with E-state index in [0.29, 0.717) is 32.2 Å². The summed E-state index contributed by atoms with van der Waals surface area (Å²) in [5, 5.41) is 0. The van der Waals surface area contributed by atoms with Crippen LogP contribution < -0.4 is 10.5 Å². The van der Waals surface area contributed by atoms with Crippen molar-refractivity contribution in [3.63, 3.8) is 0 Å². The quantitative estimate of drug-likeness (QED) is 0.542. The first kappa shape index (κ1) is 15.2. The molecule has 0 aliphatic rings. The zero-order chi connectivity index (χ0) is 14.1. The van der Waals surface area contributed by atoms with Gasteiger partial charge in [0.15, 0.2) is 5.75 Å². The molecule has 1 heterocycles. The predicted octanol–water partition coefficient (Wildman–Crippen LogP) is 0.492. The zero-order valence-electron chi connectivity index (χ0n) is 11.0. The van der Waals surface area contributed by atoms with Gasteiger partial charge >= 0.3 is 5.97 Å². The Kier molecular flexibility index (Phi) is 6.62. The number of anilines is 1. The number of hydrogen-bond donors (Lipinski definition) is 1. The van der Waals surface area contributed by atoms with Gasteiger partial charge in [-0.2, -0.15) is 0 Å². The van der Waals surface area contributed by atoms with Gasteiger partial charge in [-0.1, -0.05) is 0 Å². The van der Waals surface area contributed by atoms with Gasteiger partial charge in [-0.25, -0.2) is 9.78 Å². The van der Waals surface area contributed by atoms with E-state index in [-0.39, 0.29) is 11.4 Å². The number of esters is 1. The number of ether oxygens (including phenoxy) is 4. The predicted molar refractivity (Wildman–Crippen MR) is 68.2 cm³/mol. The Labute approximate surface area is 111 Å². The van der Waals surface area contributed by atoms with Crippen LogP contribution >= 0.6 is 0 Å². The van der Waals surface area contributed by atoms with Gasteiger partial charge in [0.2, 0.25) is 0 Å². The molecule has 7 nitrogen and oxygen atoms in total. The molecule has 0 atom stereocenters. The Morgan fingerprint density at radius 2 is 2.00 bits per heavy atom. The molecule has 19 heavy (non-hydrogen) atoms. The topological polar surface area (TPSA) is 92.9 Å². The summed E-state index contributed by atoms with van der Waals surface area (Å²) >= 11 is 0. The molecule has 0 saturated carbocycles. The minimum Gasteiger partial charge on any atom is -0.489 e. The van der Waals surface area contributed by atoms with Crippen LogP contribution in [0.4, 0.5) is 5.82 Å². The average molecular weight is 270 g/mol. The number of hydrogen-bond acceptors (Lipinski definition) is 7. The number of methoxy groups -OCH3 is 2. The first-order chi connectivity index (χ1) is 9.19. The fourth-order valence-electron chi connectivity index (χ4n) is 1.30. The molecule has 106 valence electrons. The summed E-state index contributed by atoms with van der Waals surface area (Å²) in [5.41, 5.74) is 5.76. The summed E-state index contributed by atoms with van der Waals surface area (Å²) in [4.78, 5) is 15.4. The smallest absolute Gasteiger partial charge is 0.341 e. The molecule has 1 aromatic rings. The first-order valence-corrected chi connectivity index (χ1v) is 5.72. The Bertz CT molecular complexity index is 411. The van der Waals surface area contributed by atoms with Crippen molar-refractivity contribution in [1.82, 2.24) is 4.98 Å². The normalized spacial score (nSPS) is 10.2. The molecular formula is C12H18N2O5. The van der Waals surface area contributed by atoms with E-state index < -0.39 is 5.97 Å². The monoisotopic (exact) mass is 270 g/mol. The zero-order valence-corrected chi connectivity index (χ0v) is 11.0. The van der Waals surface area contributed by atoms with Crippen LogP contribution in [0.1, 0.15) is 10.4 Å². The summed E-state index contributed by atoms with van der Waals surface area (Å²) in [6.07, 6.45) is 1.39. The van der Waals surface area contributed by atoms with E-state index >= 15 is 0 Å². The highest BCUT2D eigenvalue weighted by Crippen LogP contribution is 2.20. The minimum absolute atomic E-state index is 0.226. The van der Waals surface area contributed by atoms with Crippen molar-refractivity contribution >= 4 is 11.8 Å². The standard InChI is InChI=1S/C12H18N2O5/c1-16-3-4-18-5-6-19-10-8-14-11(13)7-9(10)12(15)17-2/h7-8H,3-6H2,1-2H3,(H2,13,14). The Morgan fingerprint density at radius 3 is 2.68 bits per heavy atom. The summed E-state index contributed by atoms with van der Waals surface area (Å²) in [5.74, 6) is 0.0184. The Hall–Kier alpha value is -1.86. The van der Waals surface area contributed by atoms with Gasteiger partial charge in [-0.15, -0.1) is 0 Å². The molecule has 0 aliphatic heterocycles. The van der Waals surface area contributed by atoms with E-state index in [2.05, 4.69) is 9.72 Å². The van der Waals surface area contributed by atoms with E-state index in [4.69, 9.17) is 19.9 Å². The lowest BCUT2D eigenvalue weighted by atomic mass is 10.2. The summed E-state index contributed by atoms with van der Waals surface area (Å²) in [6, 6.07) is 1.41. The maximum absolute atomic E-state index is 11.5. The fraction of sp³-hybridized carbons (Fsp3) is 0.500. The van der Waals surface area contributed by atoms with E-state index in [1.165, 1.54) is 19.4 Å². The SMILES string of the molecule is COCCOCCOc1cnc(N)cc1C(=O)OC. The molecule has 0 radical (unpaired) electrons. The van der Waals surface area contributed by atoms with Crippen molar-refractivity contribution in [2.24, 2.45) is 0 Å². The number of nitrogen functional groups attached to an aromatic ring is 1. The lowest BCUT2D eigenvalue weighted by Crippen LogP contribution is -2.13. The Balaban J connectivity index is 2.50. The molecule has 0 spiro atoms. The Morgan fingerprint density at radius 1 is 1.26 bits per heavy atom. The van der Waals surface area contributed by atoms with Crippen molar-refractivity contribution in [2.75, 3.05) is 46.4 Å². The third kappa shape index (κ3) is 5.11. The van der Waals surface area contributed by atoms with Crippen LogP contribution in [-0.2, 0) is 14.2 Å². The van der Waals surface area contributed by atoms with Crippen LogP contribution in [0.3, 0.4) is 0 Å². The van der Waals surface area contributed by atoms with Crippen molar-refractivity contribution in [3.05, 3.63) is 17.8 Å². The van der Waals surface area contributed by atoms with Gasteiger partial charge in [0.25, 0.3) is 0 Å². The largest absolute Gasteiger partial charge is 0.489 e. The van der Waals surface area contributed by atoms with Crippen LogP contribution in [-0.4, -0.2) is 51.6 Å². The molecule has 1 rings (SSSR count). The van der Waals surface area contributed by atoms with Crippen LogP contribution in [0.25, 0.3) is 0 Å². The molecule has 0 bridgehead atoms. The third-order valence-corrected chi connectivity index (χ3v) is 2.21. The van der Waals surface area contributed by atoms with E-state index in [1.54, 1.807) is 7.11 Å². The summed E-state index contributed by atoms with van der Waals surface area (Å²) in [6.45, 7) is 1.69. The molecular weight excluding hydrogens is 252 g/mol. The molecule has 7 heteroatoms. The highest BCUT2D eigenvalue weighted by Gasteiger charge is 2.14. The van der Waals surface area contributed by atoms with Gasteiger partial charge in [-0.05, 0) is 6.07 Å². The maximum atomic E-state index is 11.5. The molecule has 0 aromatic carbocycles. The second kappa shape index (κ2) is 8.28. The fourth-order valence-corrected chi connectivity index (χ4v) is 1.30. The number of rotatable bonds is 8. The van der Waals surface area contributed by atoms with Crippen molar-refractivity contribution < 1.29 is 23.7 Å². The number of nitrogens with zero attached hydrogens (tertiary/aromatic N) is 1. The van der Waals surface area contributed by atoms with Gasteiger partial charge < -0.3 is 24.7 Å². The number of carbonyl (C=O) groups is 1. The van der Waals surface area contributed by atoms with Crippen molar-refractivity contribution in [2.45, 2.75) is 0 Å². The lowest BCUT2D eigenvalue weighted by molar-refractivity contribution is 0.0523. The van der Waals surface area contributed by atoms with E-state index in [9.17, 15) is 4.79 Å². The van der Waals surface area contributed by atoms with E-state index in [1.807, 2.05) is 0 Å². The highest BCUT2D eigenvalue weighted by atomic mass is 16.5. The molecule has 0 amide bonds. The molecule has 0 fully saturated rings. The highest BCUT2D eigenvalue weighted by molar-refractivity contribution is 5.93. The van der Waals surface area contributed by atoms with Gasteiger partial charge in [0.1, 0.15) is 18.0 Å². The van der Waals surface area contributed by atoms with Crippen molar-refractivity contribution in [3.8, 4) is 5.75 Å². The van der Waals surface area contributed by atoms with E-state index in [0.717, 1.165) is 0 Å². The van der Waals surface area contributed by atoms with Gasteiger partial charge in [-0.3, -0.25) is 0 Å². The molecule has 1 aromatic heterocycles. The van der Waals surface area contributed by atoms with Crippen LogP contribution in [0.5, 0.6) is 5.75 Å². The molecule has 0 aliphatic carbocycles. The molecule has 0 saturated heterocycles. The summed E-state index contributed by atoms with van der Waals surface area (Å²) < 4.78 is 20.1. The maximum Gasteiger partial charge on any atom is 0.341 e. The number of pyridine rings is 1.